The summed E-state index contributed by atoms with van der Waals surface area (Å²) in [7, 11) is 0. The van der Waals surface area contributed by atoms with Crippen LogP contribution in [-0.4, -0.2) is 17.6 Å². The van der Waals surface area contributed by atoms with Crippen LogP contribution in [0.15, 0.2) is 18.2 Å². The fraction of sp³-hybridized carbons (Fsp3) is 0.500. The first-order chi connectivity index (χ1) is 8.34. The molecule has 0 unspecified atom stereocenters. The van der Waals surface area contributed by atoms with Crippen LogP contribution in [0.1, 0.15) is 33.3 Å². The van der Waals surface area contributed by atoms with Crippen molar-refractivity contribution in [2.24, 2.45) is 11.7 Å². The zero-order valence-electron chi connectivity index (χ0n) is 11.4. The third-order valence-corrected chi connectivity index (χ3v) is 2.94. The minimum Gasteiger partial charge on any atom is -0.389 e. The molecule has 0 aliphatic heterocycles. The van der Waals surface area contributed by atoms with E-state index in [4.69, 9.17) is 18.0 Å². The lowest BCUT2D eigenvalue weighted by Crippen LogP contribution is -2.36. The standard InChI is InChI=1S/C14H21FN2S/c1-9(2)8-17(10(3)4)12-7-5-6-11(15)13(12)14(16)18/h5-7,9-10H,8H2,1-4H3,(H2,16,18). The maximum absolute atomic E-state index is 13.9. The third kappa shape index (κ3) is 3.42. The van der Waals surface area contributed by atoms with Gasteiger partial charge in [0, 0.05) is 12.6 Å². The number of anilines is 1. The number of thiocarbonyl (C=S) groups is 1. The highest BCUT2D eigenvalue weighted by molar-refractivity contribution is 7.80. The van der Waals surface area contributed by atoms with Crippen molar-refractivity contribution in [3.63, 3.8) is 0 Å². The Morgan fingerprint density at radius 3 is 2.39 bits per heavy atom. The topological polar surface area (TPSA) is 29.3 Å². The second-order valence-electron chi connectivity index (χ2n) is 5.14. The SMILES string of the molecule is CC(C)CN(c1cccc(F)c1C(N)=S)C(C)C. The molecule has 2 N–H and O–H groups in total. The molecule has 18 heavy (non-hydrogen) atoms. The fourth-order valence-corrected chi connectivity index (χ4v) is 2.18. The Kier molecular flexibility index (Phi) is 5.08. The van der Waals surface area contributed by atoms with Gasteiger partial charge >= 0.3 is 0 Å². The van der Waals surface area contributed by atoms with Gasteiger partial charge in [0.25, 0.3) is 0 Å². The molecule has 1 aromatic rings. The highest BCUT2D eigenvalue weighted by atomic mass is 32.1. The van der Waals surface area contributed by atoms with Gasteiger partial charge < -0.3 is 10.6 Å². The average molecular weight is 268 g/mol. The Balaban J connectivity index is 3.27. The summed E-state index contributed by atoms with van der Waals surface area (Å²) in [6, 6.07) is 5.23. The first-order valence-electron chi connectivity index (χ1n) is 6.19. The molecule has 2 nitrogen and oxygen atoms in total. The molecule has 0 aliphatic carbocycles. The molecule has 0 radical (unpaired) electrons. The minimum absolute atomic E-state index is 0.109. The van der Waals surface area contributed by atoms with E-state index in [0.717, 1.165) is 12.2 Å². The molecular weight excluding hydrogens is 247 g/mol. The van der Waals surface area contributed by atoms with E-state index in [1.165, 1.54) is 6.07 Å². The molecule has 0 bridgehead atoms. The van der Waals surface area contributed by atoms with Crippen LogP contribution in [0, 0.1) is 11.7 Å². The van der Waals surface area contributed by atoms with Crippen molar-refractivity contribution in [3.05, 3.63) is 29.6 Å². The minimum atomic E-state index is -0.352. The summed E-state index contributed by atoms with van der Waals surface area (Å²) in [6.45, 7) is 9.27. The van der Waals surface area contributed by atoms with E-state index < -0.39 is 0 Å². The molecule has 1 rings (SSSR count). The van der Waals surface area contributed by atoms with Crippen LogP contribution in [-0.2, 0) is 0 Å². The summed E-state index contributed by atoms with van der Waals surface area (Å²) in [4.78, 5) is 2.25. The van der Waals surface area contributed by atoms with Crippen LogP contribution in [0.3, 0.4) is 0 Å². The molecule has 0 aliphatic rings. The Morgan fingerprint density at radius 1 is 1.33 bits per heavy atom. The average Bonchev–Trinajstić information content (AvgIpc) is 2.24. The van der Waals surface area contributed by atoms with Crippen molar-refractivity contribution < 1.29 is 4.39 Å². The number of benzene rings is 1. The molecule has 0 atom stereocenters. The van der Waals surface area contributed by atoms with E-state index in [1.54, 1.807) is 6.07 Å². The normalized spacial score (nSPS) is 11.1. The van der Waals surface area contributed by atoms with Crippen LogP contribution in [0.5, 0.6) is 0 Å². The van der Waals surface area contributed by atoms with Crippen molar-refractivity contribution in [1.82, 2.24) is 0 Å². The summed E-state index contributed by atoms with van der Waals surface area (Å²) in [6.07, 6.45) is 0. The van der Waals surface area contributed by atoms with Gasteiger partial charge in [-0.1, -0.05) is 32.1 Å². The van der Waals surface area contributed by atoms with E-state index in [1.807, 2.05) is 6.07 Å². The number of nitrogens with zero attached hydrogens (tertiary/aromatic N) is 1. The van der Waals surface area contributed by atoms with Crippen molar-refractivity contribution in [3.8, 4) is 0 Å². The molecular formula is C14H21FN2S. The fourth-order valence-electron chi connectivity index (χ4n) is 1.98. The summed E-state index contributed by atoms with van der Waals surface area (Å²) >= 11 is 4.97. The smallest absolute Gasteiger partial charge is 0.135 e. The second-order valence-corrected chi connectivity index (χ2v) is 5.58. The van der Waals surface area contributed by atoms with E-state index in [9.17, 15) is 4.39 Å². The number of nitrogens with two attached hydrogens (primary N) is 1. The van der Waals surface area contributed by atoms with Gasteiger partial charge in [-0.2, -0.15) is 0 Å². The van der Waals surface area contributed by atoms with E-state index in [2.05, 4.69) is 32.6 Å². The number of hydrogen-bond acceptors (Lipinski definition) is 2. The maximum Gasteiger partial charge on any atom is 0.135 e. The first-order valence-corrected chi connectivity index (χ1v) is 6.60. The molecule has 0 amide bonds. The summed E-state index contributed by atoms with van der Waals surface area (Å²) in [5, 5.41) is 0. The van der Waals surface area contributed by atoms with Gasteiger partial charge in [-0.15, -0.1) is 0 Å². The Bertz CT molecular complexity index is 430. The molecule has 100 valence electrons. The first kappa shape index (κ1) is 14.9. The molecule has 0 aromatic heterocycles. The van der Waals surface area contributed by atoms with Crippen molar-refractivity contribution in [2.75, 3.05) is 11.4 Å². The largest absolute Gasteiger partial charge is 0.389 e. The molecule has 0 spiro atoms. The molecule has 0 fully saturated rings. The summed E-state index contributed by atoms with van der Waals surface area (Å²) in [5.74, 6) is 0.129. The lowest BCUT2D eigenvalue weighted by molar-refractivity contribution is 0.566. The Hall–Kier alpha value is -1.16. The molecule has 0 heterocycles. The molecule has 0 saturated heterocycles. The Morgan fingerprint density at radius 2 is 1.94 bits per heavy atom. The van der Waals surface area contributed by atoms with Crippen LogP contribution in [0.4, 0.5) is 10.1 Å². The predicted molar refractivity (Wildman–Crippen MR) is 79.6 cm³/mol. The monoisotopic (exact) mass is 268 g/mol. The predicted octanol–water partition coefficient (Wildman–Crippen LogP) is 3.33. The van der Waals surface area contributed by atoms with E-state index in [-0.39, 0.29) is 16.8 Å². The van der Waals surface area contributed by atoms with Crippen molar-refractivity contribution >= 4 is 22.9 Å². The van der Waals surface area contributed by atoms with Gasteiger partial charge in [-0.25, -0.2) is 4.39 Å². The third-order valence-electron chi connectivity index (χ3n) is 2.73. The van der Waals surface area contributed by atoms with Crippen LogP contribution in [0.25, 0.3) is 0 Å². The van der Waals surface area contributed by atoms with Gasteiger partial charge in [0.1, 0.15) is 10.8 Å². The number of rotatable bonds is 5. The quantitative estimate of drug-likeness (QED) is 0.831. The molecule has 0 saturated carbocycles. The lowest BCUT2D eigenvalue weighted by atomic mass is 10.1. The molecule has 1 aromatic carbocycles. The molecule has 4 heteroatoms. The lowest BCUT2D eigenvalue weighted by Gasteiger charge is -2.32. The highest BCUT2D eigenvalue weighted by Gasteiger charge is 2.19. The van der Waals surface area contributed by atoms with Gasteiger partial charge in [0.05, 0.1) is 11.3 Å². The van der Waals surface area contributed by atoms with Gasteiger partial charge in [-0.3, -0.25) is 0 Å². The zero-order valence-corrected chi connectivity index (χ0v) is 12.2. The van der Waals surface area contributed by atoms with Crippen molar-refractivity contribution in [1.29, 1.82) is 0 Å². The van der Waals surface area contributed by atoms with Crippen LogP contribution in [0.2, 0.25) is 0 Å². The van der Waals surface area contributed by atoms with E-state index in [0.29, 0.717) is 11.5 Å². The summed E-state index contributed by atoms with van der Waals surface area (Å²) < 4.78 is 13.9. The van der Waals surface area contributed by atoms with Gasteiger partial charge in [0.2, 0.25) is 0 Å². The second kappa shape index (κ2) is 6.14. The van der Waals surface area contributed by atoms with E-state index >= 15 is 0 Å². The zero-order chi connectivity index (χ0) is 13.9. The summed E-state index contributed by atoms with van der Waals surface area (Å²) in [5.41, 5.74) is 6.78. The van der Waals surface area contributed by atoms with Gasteiger partial charge in [-0.05, 0) is 31.9 Å². The maximum atomic E-state index is 13.9. The van der Waals surface area contributed by atoms with Crippen LogP contribution < -0.4 is 10.6 Å². The number of halogens is 1. The highest BCUT2D eigenvalue weighted by Crippen LogP contribution is 2.26. The Labute approximate surface area is 114 Å². The number of hydrogen-bond donors (Lipinski definition) is 1. The van der Waals surface area contributed by atoms with Crippen molar-refractivity contribution in [2.45, 2.75) is 33.7 Å². The van der Waals surface area contributed by atoms with Gasteiger partial charge in [0.15, 0.2) is 0 Å². The van der Waals surface area contributed by atoms with Crippen LogP contribution >= 0.6 is 12.2 Å².